The number of hydrogen-bond donors (Lipinski definition) is 0. The highest BCUT2D eigenvalue weighted by molar-refractivity contribution is 6.14. The maximum atomic E-state index is 5.17. The summed E-state index contributed by atoms with van der Waals surface area (Å²) in [5.41, 5.74) is 13.6. The molecule has 0 bridgehead atoms. The third-order valence-electron chi connectivity index (χ3n) is 11.3. The van der Waals surface area contributed by atoms with Crippen molar-refractivity contribution in [3.05, 3.63) is 188 Å². The Labute approximate surface area is 316 Å². The molecule has 4 aromatic heterocycles. The Hall–Kier alpha value is -7.50. The molecular weight excluding hydrogens is 671 g/mol. The van der Waals surface area contributed by atoms with E-state index in [1.807, 2.05) is 18.5 Å². The molecular formula is C50H31N5. The number of imidazole rings is 1. The fraction of sp³-hybridized carbons (Fsp3) is 0. The summed E-state index contributed by atoms with van der Waals surface area (Å²) in [6.07, 6.45) is 3.90. The third-order valence-corrected chi connectivity index (χ3v) is 11.3. The molecule has 0 unspecified atom stereocenters. The Morgan fingerprint density at radius 3 is 1.78 bits per heavy atom. The summed E-state index contributed by atoms with van der Waals surface area (Å²) in [5, 5.41) is 6.02. The van der Waals surface area contributed by atoms with Crippen molar-refractivity contribution in [3.8, 4) is 39.5 Å². The number of benzene rings is 7. The maximum absolute atomic E-state index is 5.17. The molecule has 0 radical (unpaired) electrons. The van der Waals surface area contributed by atoms with Crippen LogP contribution in [0.1, 0.15) is 0 Å². The van der Waals surface area contributed by atoms with Crippen LogP contribution in [0, 0.1) is 0 Å². The van der Waals surface area contributed by atoms with Crippen LogP contribution < -0.4 is 4.90 Å². The van der Waals surface area contributed by atoms with Crippen LogP contribution in [0.3, 0.4) is 0 Å². The van der Waals surface area contributed by atoms with Crippen LogP contribution in [0.2, 0.25) is 0 Å². The van der Waals surface area contributed by atoms with Gasteiger partial charge in [0.1, 0.15) is 11.6 Å². The number of rotatable bonds is 3. The molecule has 5 nitrogen and oxygen atoms in total. The smallest absolute Gasteiger partial charge is 0.145 e. The molecule has 0 fully saturated rings. The molecule has 11 aromatic rings. The monoisotopic (exact) mass is 701 g/mol. The summed E-state index contributed by atoms with van der Waals surface area (Å²) in [6.45, 7) is 0. The van der Waals surface area contributed by atoms with Crippen LogP contribution in [0.25, 0.3) is 88.5 Å². The predicted octanol–water partition coefficient (Wildman–Crippen LogP) is 12.9. The molecule has 0 atom stereocenters. The van der Waals surface area contributed by atoms with Crippen molar-refractivity contribution in [2.45, 2.75) is 0 Å². The Balaban J connectivity index is 1.16. The van der Waals surface area contributed by atoms with Gasteiger partial charge in [-0.15, -0.1) is 0 Å². The van der Waals surface area contributed by atoms with E-state index in [2.05, 4.69) is 184 Å². The first-order valence-corrected chi connectivity index (χ1v) is 18.7. The number of aromatic nitrogens is 4. The molecule has 55 heavy (non-hydrogen) atoms. The van der Waals surface area contributed by atoms with E-state index < -0.39 is 0 Å². The second-order valence-corrected chi connectivity index (χ2v) is 14.2. The number of para-hydroxylation sites is 3. The van der Waals surface area contributed by atoms with Crippen LogP contribution in [0.5, 0.6) is 0 Å². The van der Waals surface area contributed by atoms with Crippen LogP contribution in [0.15, 0.2) is 188 Å². The van der Waals surface area contributed by atoms with Crippen LogP contribution >= 0.6 is 0 Å². The molecule has 0 saturated carbocycles. The van der Waals surface area contributed by atoms with Gasteiger partial charge in [0.2, 0.25) is 0 Å². The lowest BCUT2D eigenvalue weighted by molar-refractivity contribution is 1.08. The molecule has 0 N–H and O–H groups in total. The Morgan fingerprint density at radius 1 is 0.382 bits per heavy atom. The number of pyridine rings is 2. The van der Waals surface area contributed by atoms with Gasteiger partial charge in [-0.1, -0.05) is 127 Å². The molecule has 0 saturated heterocycles. The molecule has 0 aliphatic carbocycles. The fourth-order valence-electron chi connectivity index (χ4n) is 9.00. The molecule has 0 amide bonds. The van der Waals surface area contributed by atoms with E-state index >= 15 is 0 Å². The van der Waals surface area contributed by atoms with E-state index in [-0.39, 0.29) is 0 Å². The zero-order valence-corrected chi connectivity index (χ0v) is 29.6. The lowest BCUT2D eigenvalue weighted by atomic mass is 9.94. The van der Waals surface area contributed by atoms with Crippen molar-refractivity contribution in [1.29, 1.82) is 0 Å². The SMILES string of the molecule is c1ccc(-n2c3ccccc3c3ccc(N4c5ccccc5-c5ccccc5-c5ccc(-c6ncc7c8ccccc8c8ccccc8n67)cc54)cc32)nc1. The minimum atomic E-state index is 0.892. The zero-order valence-electron chi connectivity index (χ0n) is 29.6. The minimum absolute atomic E-state index is 0.892. The highest BCUT2D eigenvalue weighted by Crippen LogP contribution is 2.52. The minimum Gasteiger partial charge on any atom is -0.309 e. The normalized spacial score (nSPS) is 12.3. The van der Waals surface area contributed by atoms with Crippen LogP contribution in [-0.4, -0.2) is 18.9 Å². The lowest BCUT2D eigenvalue weighted by Gasteiger charge is -2.28. The van der Waals surface area contributed by atoms with Crippen molar-refractivity contribution in [2.75, 3.05) is 4.90 Å². The van der Waals surface area contributed by atoms with Crippen molar-refractivity contribution in [2.24, 2.45) is 0 Å². The lowest BCUT2D eigenvalue weighted by Crippen LogP contribution is -2.11. The second kappa shape index (κ2) is 11.5. The Bertz CT molecular complexity index is 3340. The number of anilines is 3. The van der Waals surface area contributed by atoms with Gasteiger partial charge in [-0.3, -0.25) is 8.97 Å². The van der Waals surface area contributed by atoms with Gasteiger partial charge < -0.3 is 4.90 Å². The molecule has 7 aromatic carbocycles. The summed E-state index contributed by atoms with van der Waals surface area (Å²) in [4.78, 5) is 12.4. The van der Waals surface area contributed by atoms with Gasteiger partial charge in [-0.05, 0) is 65.0 Å². The van der Waals surface area contributed by atoms with E-state index in [4.69, 9.17) is 9.97 Å². The third kappa shape index (κ3) is 4.29. The van der Waals surface area contributed by atoms with Gasteiger partial charge in [-0.2, -0.15) is 0 Å². The van der Waals surface area contributed by atoms with E-state index in [0.717, 1.165) is 61.9 Å². The van der Waals surface area contributed by atoms with Gasteiger partial charge in [0.25, 0.3) is 0 Å². The average molecular weight is 702 g/mol. The molecule has 1 aliphatic rings. The molecule has 256 valence electrons. The first-order valence-electron chi connectivity index (χ1n) is 18.7. The summed E-state index contributed by atoms with van der Waals surface area (Å²) in [7, 11) is 0. The highest BCUT2D eigenvalue weighted by atomic mass is 15.2. The van der Waals surface area contributed by atoms with Crippen LogP contribution in [-0.2, 0) is 0 Å². The summed E-state index contributed by atoms with van der Waals surface area (Å²) in [6, 6.07) is 63.3. The second-order valence-electron chi connectivity index (χ2n) is 14.2. The molecule has 5 heterocycles. The molecule has 12 rings (SSSR count). The van der Waals surface area contributed by atoms with Crippen molar-refractivity contribution in [3.63, 3.8) is 0 Å². The topological polar surface area (TPSA) is 38.4 Å². The number of nitrogens with zero attached hydrogens (tertiary/aromatic N) is 5. The van der Waals surface area contributed by atoms with Crippen molar-refractivity contribution in [1.82, 2.24) is 18.9 Å². The molecule has 0 spiro atoms. The van der Waals surface area contributed by atoms with Gasteiger partial charge in [-0.25, -0.2) is 9.97 Å². The maximum Gasteiger partial charge on any atom is 0.145 e. The number of hydrogen-bond acceptors (Lipinski definition) is 3. The van der Waals surface area contributed by atoms with E-state index in [0.29, 0.717) is 0 Å². The quantitative estimate of drug-likeness (QED) is 0.172. The van der Waals surface area contributed by atoms with Gasteiger partial charge in [0, 0.05) is 50.1 Å². The van der Waals surface area contributed by atoms with Gasteiger partial charge >= 0.3 is 0 Å². The van der Waals surface area contributed by atoms with E-state index in [9.17, 15) is 0 Å². The van der Waals surface area contributed by atoms with E-state index in [1.54, 1.807) is 0 Å². The van der Waals surface area contributed by atoms with Crippen LogP contribution in [0.4, 0.5) is 17.1 Å². The average Bonchev–Trinajstić information content (AvgIpc) is 3.82. The first-order chi connectivity index (χ1) is 27.3. The molecule has 1 aliphatic heterocycles. The first kappa shape index (κ1) is 30.0. The molecule has 5 heteroatoms. The summed E-state index contributed by atoms with van der Waals surface area (Å²) < 4.78 is 4.62. The van der Waals surface area contributed by atoms with Crippen molar-refractivity contribution < 1.29 is 0 Å². The summed E-state index contributed by atoms with van der Waals surface area (Å²) in [5.74, 6) is 1.80. The zero-order chi connectivity index (χ0) is 36.0. The number of fused-ring (bicyclic) bond motifs is 14. The largest absolute Gasteiger partial charge is 0.309 e. The highest BCUT2D eigenvalue weighted by Gasteiger charge is 2.28. The Kier molecular flexibility index (Phi) is 6.27. The standard InChI is InChI=1S/C50H31N5/c1-2-14-35-34(13-1)37-16-5-8-20-43(37)53(33-25-27-42-40-19-7-9-21-44(40)54(47(42)30-33)49-23-11-12-28-51-49)46-29-32(24-26-41(35)46)50-52-31-48-39-18-4-3-15-36(39)38-17-6-10-22-45(38)55(48)50/h1-31H. The fourth-order valence-corrected chi connectivity index (χ4v) is 9.00. The van der Waals surface area contributed by atoms with E-state index in [1.165, 1.54) is 43.6 Å². The van der Waals surface area contributed by atoms with Crippen molar-refractivity contribution >= 4 is 66.1 Å². The predicted molar refractivity (Wildman–Crippen MR) is 227 cm³/mol. The summed E-state index contributed by atoms with van der Waals surface area (Å²) >= 11 is 0. The van der Waals surface area contributed by atoms with Gasteiger partial charge in [0.15, 0.2) is 0 Å². The van der Waals surface area contributed by atoms with Gasteiger partial charge in [0.05, 0.1) is 39.6 Å². The Morgan fingerprint density at radius 2 is 1.00 bits per heavy atom.